The molecule has 1 fully saturated rings. The molecule has 1 rings (SSSR count). The van der Waals surface area contributed by atoms with Crippen molar-refractivity contribution in [2.45, 2.75) is 51.2 Å². The van der Waals surface area contributed by atoms with Crippen LogP contribution in [0.5, 0.6) is 0 Å². The smallest absolute Gasteiger partial charge is 0.312 e. The number of alkyl halides is 3. The first-order valence-electron chi connectivity index (χ1n) is 6.13. The van der Waals surface area contributed by atoms with Crippen molar-refractivity contribution in [3.05, 3.63) is 0 Å². The Morgan fingerprint density at radius 1 is 1.29 bits per heavy atom. The highest BCUT2D eigenvalue weighted by Gasteiger charge is 2.39. The summed E-state index contributed by atoms with van der Waals surface area (Å²) in [7, 11) is 0. The summed E-state index contributed by atoms with van der Waals surface area (Å²) in [5.74, 6) is -1.22. The van der Waals surface area contributed by atoms with Gasteiger partial charge in [-0.3, -0.25) is 0 Å². The quantitative estimate of drug-likeness (QED) is 0.778. The third kappa shape index (κ3) is 4.95. The predicted octanol–water partition coefficient (Wildman–Crippen LogP) is 3.25. The predicted molar refractivity (Wildman–Crippen MR) is 59.2 cm³/mol. The van der Waals surface area contributed by atoms with E-state index in [1.54, 1.807) is 0 Å². The van der Waals surface area contributed by atoms with E-state index in [1.807, 2.05) is 0 Å². The highest BCUT2D eigenvalue weighted by Crippen LogP contribution is 2.26. The fourth-order valence-corrected chi connectivity index (χ4v) is 2.21. The molecule has 0 spiro atoms. The molecule has 0 aromatic carbocycles. The first kappa shape index (κ1) is 14.3. The van der Waals surface area contributed by atoms with Crippen LogP contribution in [0.2, 0.25) is 0 Å². The second kappa shape index (κ2) is 6.25. The van der Waals surface area contributed by atoms with Gasteiger partial charge in [0, 0.05) is 12.6 Å². The second-order valence-electron chi connectivity index (χ2n) is 4.94. The van der Waals surface area contributed by atoms with Crippen molar-refractivity contribution in [1.82, 2.24) is 5.32 Å². The van der Waals surface area contributed by atoms with Gasteiger partial charge in [-0.25, -0.2) is 0 Å². The summed E-state index contributed by atoms with van der Waals surface area (Å²) >= 11 is 0. The molecule has 5 heteroatoms. The number of nitrogens with one attached hydrogen (secondary N) is 1. The Morgan fingerprint density at radius 2 is 2.00 bits per heavy atom. The number of nitriles is 1. The molecule has 1 saturated carbocycles. The van der Waals surface area contributed by atoms with Gasteiger partial charge in [-0.2, -0.15) is 18.4 Å². The van der Waals surface area contributed by atoms with E-state index >= 15 is 0 Å². The van der Waals surface area contributed by atoms with Gasteiger partial charge in [0.05, 0.1) is 6.07 Å². The normalized spacial score (nSPS) is 28.2. The maximum Gasteiger partial charge on any atom is 0.405 e. The van der Waals surface area contributed by atoms with Gasteiger partial charge in [-0.05, 0) is 25.2 Å². The molecule has 1 N–H and O–H groups in total. The van der Waals surface area contributed by atoms with E-state index in [4.69, 9.17) is 5.26 Å². The van der Waals surface area contributed by atoms with Crippen LogP contribution in [-0.2, 0) is 0 Å². The zero-order valence-electron chi connectivity index (χ0n) is 10.1. The average molecular weight is 248 g/mol. The van der Waals surface area contributed by atoms with E-state index < -0.39 is 12.1 Å². The number of hydrogen-bond donors (Lipinski definition) is 1. The largest absolute Gasteiger partial charge is 0.405 e. The van der Waals surface area contributed by atoms with Crippen molar-refractivity contribution < 1.29 is 13.2 Å². The van der Waals surface area contributed by atoms with Gasteiger partial charge >= 0.3 is 6.18 Å². The fraction of sp³-hybridized carbons (Fsp3) is 0.917. The standard InChI is InChI=1S/C12H19F3N2/c1-9-3-2-4-11(6-5-9)17-8-10(7-16)12(13,14)15/h9-11,17H,2-6,8H2,1H3. The van der Waals surface area contributed by atoms with Crippen LogP contribution in [0.4, 0.5) is 13.2 Å². The monoisotopic (exact) mass is 248 g/mol. The van der Waals surface area contributed by atoms with E-state index in [1.165, 1.54) is 6.07 Å². The van der Waals surface area contributed by atoms with Crippen LogP contribution in [-0.4, -0.2) is 18.8 Å². The van der Waals surface area contributed by atoms with Crippen LogP contribution in [0, 0.1) is 23.2 Å². The summed E-state index contributed by atoms with van der Waals surface area (Å²) in [5.41, 5.74) is 0. The molecule has 2 nitrogen and oxygen atoms in total. The Hall–Kier alpha value is -0.760. The second-order valence-corrected chi connectivity index (χ2v) is 4.94. The summed E-state index contributed by atoms with van der Waals surface area (Å²) in [6, 6.07) is 1.46. The molecular weight excluding hydrogens is 229 g/mol. The molecule has 0 aliphatic heterocycles. The molecule has 0 heterocycles. The Balaban J connectivity index is 2.37. The first-order valence-corrected chi connectivity index (χ1v) is 6.13. The van der Waals surface area contributed by atoms with Crippen molar-refractivity contribution in [2.75, 3.05) is 6.54 Å². The lowest BCUT2D eigenvalue weighted by Gasteiger charge is -2.20. The van der Waals surface area contributed by atoms with Crippen LogP contribution < -0.4 is 5.32 Å². The lowest BCUT2D eigenvalue weighted by Crippen LogP contribution is -2.38. The molecule has 98 valence electrons. The highest BCUT2D eigenvalue weighted by molar-refractivity contribution is 4.91. The minimum absolute atomic E-state index is 0.137. The molecular formula is C12H19F3N2. The summed E-state index contributed by atoms with van der Waals surface area (Å²) in [4.78, 5) is 0. The van der Waals surface area contributed by atoms with Gasteiger partial charge in [-0.15, -0.1) is 0 Å². The fourth-order valence-electron chi connectivity index (χ4n) is 2.21. The summed E-state index contributed by atoms with van der Waals surface area (Å²) < 4.78 is 37.1. The SMILES string of the molecule is CC1CCCC(NCC(C#N)C(F)(F)F)CC1. The molecule has 0 saturated heterocycles. The lowest BCUT2D eigenvalue weighted by molar-refractivity contribution is -0.158. The number of hydrogen-bond acceptors (Lipinski definition) is 2. The van der Waals surface area contributed by atoms with Crippen LogP contribution in [0.25, 0.3) is 0 Å². The van der Waals surface area contributed by atoms with E-state index in [9.17, 15) is 13.2 Å². The maximum absolute atomic E-state index is 12.4. The van der Waals surface area contributed by atoms with Crippen molar-refractivity contribution in [1.29, 1.82) is 5.26 Å². The summed E-state index contributed by atoms with van der Waals surface area (Å²) in [6.45, 7) is 1.90. The zero-order chi connectivity index (χ0) is 12.9. The Morgan fingerprint density at radius 3 is 2.59 bits per heavy atom. The van der Waals surface area contributed by atoms with Gasteiger partial charge < -0.3 is 5.32 Å². The Bertz CT molecular complexity index is 270. The van der Waals surface area contributed by atoms with Crippen molar-refractivity contribution in [3.63, 3.8) is 0 Å². The van der Waals surface area contributed by atoms with Gasteiger partial charge in [0.25, 0.3) is 0 Å². The number of halogens is 3. The molecule has 0 bridgehead atoms. The molecule has 0 aromatic heterocycles. The van der Waals surface area contributed by atoms with Gasteiger partial charge in [0.15, 0.2) is 5.92 Å². The van der Waals surface area contributed by atoms with E-state index in [0.29, 0.717) is 5.92 Å². The molecule has 3 atom stereocenters. The van der Waals surface area contributed by atoms with E-state index in [0.717, 1.165) is 32.1 Å². The Kier molecular flexibility index (Phi) is 5.26. The topological polar surface area (TPSA) is 35.8 Å². The third-order valence-electron chi connectivity index (χ3n) is 3.42. The minimum Gasteiger partial charge on any atom is -0.312 e. The summed E-state index contributed by atoms with van der Waals surface area (Å²) in [5, 5.41) is 11.4. The number of nitrogens with zero attached hydrogens (tertiary/aromatic N) is 1. The molecule has 17 heavy (non-hydrogen) atoms. The van der Waals surface area contributed by atoms with Gasteiger partial charge in [-0.1, -0.05) is 19.8 Å². The van der Waals surface area contributed by atoms with Crippen LogP contribution in [0.1, 0.15) is 39.0 Å². The van der Waals surface area contributed by atoms with Crippen molar-refractivity contribution in [2.24, 2.45) is 11.8 Å². The molecule has 1 aliphatic carbocycles. The van der Waals surface area contributed by atoms with Crippen molar-refractivity contribution >= 4 is 0 Å². The number of rotatable bonds is 3. The summed E-state index contributed by atoms with van der Waals surface area (Å²) in [6.07, 6.45) is 0.680. The van der Waals surface area contributed by atoms with E-state index in [-0.39, 0.29) is 12.6 Å². The molecule has 1 aliphatic rings. The first-order chi connectivity index (χ1) is 7.93. The molecule has 0 radical (unpaired) electrons. The minimum atomic E-state index is -4.42. The molecule has 0 amide bonds. The van der Waals surface area contributed by atoms with Gasteiger partial charge in [0.1, 0.15) is 0 Å². The van der Waals surface area contributed by atoms with E-state index in [2.05, 4.69) is 12.2 Å². The van der Waals surface area contributed by atoms with Crippen LogP contribution in [0.3, 0.4) is 0 Å². The maximum atomic E-state index is 12.4. The lowest BCUT2D eigenvalue weighted by atomic mass is 10.0. The molecule has 0 aromatic rings. The van der Waals surface area contributed by atoms with Crippen LogP contribution in [0.15, 0.2) is 0 Å². The van der Waals surface area contributed by atoms with Crippen LogP contribution >= 0.6 is 0 Å². The Labute approximate surface area is 100 Å². The van der Waals surface area contributed by atoms with Crippen molar-refractivity contribution in [3.8, 4) is 6.07 Å². The average Bonchev–Trinajstić information content (AvgIpc) is 2.42. The zero-order valence-corrected chi connectivity index (χ0v) is 10.1. The highest BCUT2D eigenvalue weighted by atomic mass is 19.4. The van der Waals surface area contributed by atoms with Gasteiger partial charge in [0.2, 0.25) is 0 Å². The third-order valence-corrected chi connectivity index (χ3v) is 3.42. The molecule has 3 unspecified atom stereocenters.